The third kappa shape index (κ3) is 4.46. The summed E-state index contributed by atoms with van der Waals surface area (Å²) < 4.78 is 25.8. The molecule has 25 heavy (non-hydrogen) atoms. The summed E-state index contributed by atoms with van der Waals surface area (Å²) in [5.41, 5.74) is 0. The Labute approximate surface area is 144 Å². The maximum atomic E-state index is 10.0. The molecule has 0 amide bonds. The first-order chi connectivity index (χ1) is 11.8. The second-order valence-electron chi connectivity index (χ2n) is 6.08. The lowest BCUT2D eigenvalue weighted by Crippen LogP contribution is -2.63. The topological polar surface area (TPSA) is 168 Å². The van der Waals surface area contributed by atoms with Crippen LogP contribution in [0.3, 0.4) is 0 Å². The van der Waals surface area contributed by atoms with Gasteiger partial charge in [-0.1, -0.05) is 0 Å². The van der Waals surface area contributed by atoms with Crippen molar-refractivity contribution in [1.29, 1.82) is 0 Å². The Balaban J connectivity index is 2.07. The standard InChI is InChI=1S/C14H26O11/c1-21-3-5-7(15)9(17)11(19)13(23-5)25-14-12(20)10(18)8(16)6(24-14)4-22-2/h5-20H,3-4H2,1-2H3. The molecule has 2 heterocycles. The molecule has 148 valence electrons. The van der Waals surface area contributed by atoms with Gasteiger partial charge in [-0.05, 0) is 0 Å². The second-order valence-corrected chi connectivity index (χ2v) is 6.08. The zero-order chi connectivity index (χ0) is 18.7. The molecule has 11 nitrogen and oxygen atoms in total. The maximum absolute atomic E-state index is 10.0. The average molecular weight is 370 g/mol. The van der Waals surface area contributed by atoms with Crippen LogP contribution in [0.25, 0.3) is 0 Å². The summed E-state index contributed by atoms with van der Waals surface area (Å²) in [6.07, 6.45) is -14.1. The number of methoxy groups -OCH3 is 2. The Morgan fingerprint density at radius 2 is 0.960 bits per heavy atom. The van der Waals surface area contributed by atoms with E-state index in [1.807, 2.05) is 0 Å². The molecule has 2 aliphatic rings. The fourth-order valence-corrected chi connectivity index (χ4v) is 2.79. The van der Waals surface area contributed by atoms with E-state index in [1.165, 1.54) is 14.2 Å². The molecule has 0 aromatic heterocycles. The molecule has 0 aromatic carbocycles. The molecule has 6 N–H and O–H groups in total. The van der Waals surface area contributed by atoms with E-state index >= 15 is 0 Å². The van der Waals surface area contributed by atoms with Crippen LogP contribution in [0.4, 0.5) is 0 Å². The Morgan fingerprint density at radius 3 is 1.28 bits per heavy atom. The van der Waals surface area contributed by atoms with E-state index in [1.54, 1.807) is 0 Å². The van der Waals surface area contributed by atoms with Gasteiger partial charge in [0.2, 0.25) is 0 Å². The minimum Gasteiger partial charge on any atom is -0.387 e. The van der Waals surface area contributed by atoms with Gasteiger partial charge in [0.25, 0.3) is 0 Å². The fourth-order valence-electron chi connectivity index (χ4n) is 2.79. The first kappa shape index (κ1) is 20.9. The average Bonchev–Trinajstić information content (AvgIpc) is 2.59. The molecule has 2 saturated heterocycles. The zero-order valence-corrected chi connectivity index (χ0v) is 13.9. The summed E-state index contributed by atoms with van der Waals surface area (Å²) in [5, 5.41) is 59.6. The Morgan fingerprint density at radius 1 is 0.600 bits per heavy atom. The van der Waals surface area contributed by atoms with Gasteiger partial charge in [0, 0.05) is 14.2 Å². The van der Waals surface area contributed by atoms with Crippen molar-refractivity contribution in [1.82, 2.24) is 0 Å². The van der Waals surface area contributed by atoms with Gasteiger partial charge in [-0.2, -0.15) is 0 Å². The first-order valence-corrected chi connectivity index (χ1v) is 7.84. The molecule has 10 atom stereocenters. The highest BCUT2D eigenvalue weighted by atomic mass is 16.8. The number of hydrogen-bond acceptors (Lipinski definition) is 11. The first-order valence-electron chi connectivity index (χ1n) is 7.84. The molecule has 0 saturated carbocycles. The van der Waals surface area contributed by atoms with Crippen molar-refractivity contribution in [3.8, 4) is 0 Å². The molecule has 0 bridgehead atoms. The van der Waals surface area contributed by atoms with E-state index in [2.05, 4.69) is 0 Å². The van der Waals surface area contributed by atoms with Gasteiger partial charge in [0.1, 0.15) is 48.8 Å². The van der Waals surface area contributed by atoms with Crippen LogP contribution in [0.1, 0.15) is 0 Å². The molecule has 2 fully saturated rings. The largest absolute Gasteiger partial charge is 0.387 e. The van der Waals surface area contributed by atoms with Gasteiger partial charge >= 0.3 is 0 Å². The highest BCUT2D eigenvalue weighted by Gasteiger charge is 2.49. The SMILES string of the molecule is COCC1OC(OC2OC(COC)C(O)C(O)C2O)C(O)C(O)C1O. The number of aliphatic hydroxyl groups is 6. The van der Waals surface area contributed by atoms with E-state index in [0.717, 1.165) is 0 Å². The summed E-state index contributed by atoms with van der Waals surface area (Å²) in [6.45, 7) is -0.154. The van der Waals surface area contributed by atoms with Crippen LogP contribution in [0, 0.1) is 0 Å². The summed E-state index contributed by atoms with van der Waals surface area (Å²) in [7, 11) is 2.73. The summed E-state index contributed by atoms with van der Waals surface area (Å²) in [4.78, 5) is 0. The molecule has 0 radical (unpaired) electrons. The van der Waals surface area contributed by atoms with Crippen molar-refractivity contribution in [2.45, 2.75) is 61.4 Å². The van der Waals surface area contributed by atoms with Crippen molar-refractivity contribution in [2.24, 2.45) is 0 Å². The highest BCUT2D eigenvalue weighted by Crippen LogP contribution is 2.28. The lowest BCUT2D eigenvalue weighted by Gasteiger charge is -2.44. The number of hydrogen-bond donors (Lipinski definition) is 6. The minimum atomic E-state index is -1.64. The quantitative estimate of drug-likeness (QED) is 0.269. The van der Waals surface area contributed by atoms with Crippen LogP contribution in [-0.2, 0) is 23.7 Å². The van der Waals surface area contributed by atoms with Crippen molar-refractivity contribution in [3.63, 3.8) is 0 Å². The molecular formula is C14H26O11. The van der Waals surface area contributed by atoms with Gasteiger partial charge in [-0.25, -0.2) is 0 Å². The summed E-state index contributed by atoms with van der Waals surface area (Å²) in [6, 6.07) is 0. The van der Waals surface area contributed by atoms with Crippen LogP contribution in [0.5, 0.6) is 0 Å². The molecule has 10 unspecified atom stereocenters. The van der Waals surface area contributed by atoms with Crippen LogP contribution >= 0.6 is 0 Å². The number of ether oxygens (including phenoxy) is 5. The second kappa shape index (κ2) is 8.97. The molecule has 0 spiro atoms. The van der Waals surface area contributed by atoms with Gasteiger partial charge in [-0.3, -0.25) is 0 Å². The normalized spacial score (nSPS) is 48.5. The van der Waals surface area contributed by atoms with E-state index in [0.29, 0.717) is 0 Å². The van der Waals surface area contributed by atoms with Crippen molar-refractivity contribution < 1.29 is 54.3 Å². The Bertz CT molecular complexity index is 374. The van der Waals surface area contributed by atoms with Crippen LogP contribution < -0.4 is 0 Å². The molecule has 2 aliphatic heterocycles. The summed E-state index contributed by atoms with van der Waals surface area (Å²) in [5.74, 6) is 0. The van der Waals surface area contributed by atoms with Gasteiger partial charge in [0.05, 0.1) is 13.2 Å². The van der Waals surface area contributed by atoms with Crippen LogP contribution in [-0.4, -0.2) is 119 Å². The predicted molar refractivity (Wildman–Crippen MR) is 78.2 cm³/mol. The lowest BCUT2D eigenvalue weighted by atomic mass is 9.98. The summed E-state index contributed by atoms with van der Waals surface area (Å²) >= 11 is 0. The van der Waals surface area contributed by atoms with Gasteiger partial charge < -0.3 is 54.3 Å². The zero-order valence-electron chi connectivity index (χ0n) is 13.9. The molecule has 2 rings (SSSR count). The Kier molecular flexibility index (Phi) is 7.49. The fraction of sp³-hybridized carbons (Fsp3) is 1.00. The molecule has 0 aromatic rings. The van der Waals surface area contributed by atoms with Gasteiger partial charge in [0.15, 0.2) is 12.6 Å². The third-order valence-corrected chi connectivity index (χ3v) is 4.27. The smallest absolute Gasteiger partial charge is 0.189 e. The van der Waals surface area contributed by atoms with Gasteiger partial charge in [-0.15, -0.1) is 0 Å². The van der Waals surface area contributed by atoms with Crippen molar-refractivity contribution in [2.75, 3.05) is 27.4 Å². The number of rotatable bonds is 6. The Hall–Kier alpha value is -0.440. The van der Waals surface area contributed by atoms with Crippen molar-refractivity contribution >= 4 is 0 Å². The monoisotopic (exact) mass is 370 g/mol. The van der Waals surface area contributed by atoms with E-state index in [9.17, 15) is 30.6 Å². The van der Waals surface area contributed by atoms with Crippen molar-refractivity contribution in [3.05, 3.63) is 0 Å². The van der Waals surface area contributed by atoms with E-state index in [-0.39, 0.29) is 13.2 Å². The highest BCUT2D eigenvalue weighted by molar-refractivity contribution is 4.92. The molecular weight excluding hydrogens is 344 g/mol. The number of aliphatic hydroxyl groups excluding tert-OH is 6. The minimum absolute atomic E-state index is 0.0769. The van der Waals surface area contributed by atoms with Crippen LogP contribution in [0.2, 0.25) is 0 Å². The third-order valence-electron chi connectivity index (χ3n) is 4.27. The molecule has 0 aliphatic carbocycles. The maximum Gasteiger partial charge on any atom is 0.189 e. The van der Waals surface area contributed by atoms with E-state index in [4.69, 9.17) is 23.7 Å². The lowest BCUT2D eigenvalue weighted by molar-refractivity contribution is -0.377. The van der Waals surface area contributed by atoms with E-state index < -0.39 is 61.4 Å². The molecule has 11 heteroatoms. The predicted octanol–water partition coefficient (Wildman–Crippen LogP) is -4.09. The van der Waals surface area contributed by atoms with Crippen LogP contribution in [0.15, 0.2) is 0 Å².